The van der Waals surface area contributed by atoms with E-state index >= 15 is 0 Å². The van der Waals surface area contributed by atoms with Crippen molar-refractivity contribution in [3.05, 3.63) is 69.0 Å². The normalized spacial score (nSPS) is 10.6. The molecule has 0 bridgehead atoms. The Labute approximate surface area is 184 Å². The van der Waals surface area contributed by atoms with Gasteiger partial charge >= 0.3 is 0 Å². The van der Waals surface area contributed by atoms with Crippen molar-refractivity contribution in [1.82, 2.24) is 9.97 Å². The lowest BCUT2D eigenvalue weighted by atomic mass is 10.1. The highest BCUT2D eigenvalue weighted by molar-refractivity contribution is 6.33. The molecule has 3 rings (SSSR count). The van der Waals surface area contributed by atoms with E-state index in [1.807, 2.05) is 26.0 Å². The molecule has 0 radical (unpaired) electrons. The molecular weight excluding hydrogens is 418 g/mol. The fraction of sp³-hybridized carbons (Fsp3) is 0.182. The largest absolute Gasteiger partial charge is 0.490 e. The zero-order chi connectivity index (χ0) is 22.2. The number of nitrogens with zero attached hydrogens (tertiary/aromatic N) is 3. The van der Waals surface area contributed by atoms with Gasteiger partial charge in [0.15, 0.2) is 11.5 Å². The van der Waals surface area contributed by atoms with Crippen LogP contribution >= 0.6 is 11.6 Å². The molecule has 0 saturated carbocycles. The second-order valence-corrected chi connectivity index (χ2v) is 6.58. The third-order valence-corrected chi connectivity index (χ3v) is 4.44. The molecule has 0 saturated heterocycles. The highest BCUT2D eigenvalue weighted by atomic mass is 35.5. The number of hydrogen-bond donors (Lipinski definition) is 2. The van der Waals surface area contributed by atoms with E-state index in [1.54, 1.807) is 36.4 Å². The molecule has 0 atom stereocenters. The van der Waals surface area contributed by atoms with Crippen LogP contribution in [0.25, 0.3) is 11.3 Å². The molecule has 9 heteroatoms. The fourth-order valence-corrected chi connectivity index (χ4v) is 2.99. The second-order valence-electron chi connectivity index (χ2n) is 6.17. The molecule has 0 unspecified atom stereocenters. The van der Waals surface area contributed by atoms with Gasteiger partial charge in [-0.15, -0.1) is 0 Å². The minimum absolute atomic E-state index is 0.0726. The van der Waals surface area contributed by atoms with Gasteiger partial charge in [-0.2, -0.15) is 10.4 Å². The molecule has 0 aliphatic carbocycles. The summed E-state index contributed by atoms with van der Waals surface area (Å²) in [6.45, 7) is 4.69. The monoisotopic (exact) mass is 437 g/mol. The minimum atomic E-state index is -0.563. The maximum atomic E-state index is 12.3. The molecule has 31 heavy (non-hydrogen) atoms. The number of rotatable bonds is 8. The van der Waals surface area contributed by atoms with Crippen LogP contribution in [0.2, 0.25) is 5.02 Å². The lowest BCUT2D eigenvalue weighted by Gasteiger charge is -2.12. The molecule has 2 N–H and O–H groups in total. The predicted molar refractivity (Wildman–Crippen MR) is 120 cm³/mol. The molecule has 158 valence electrons. The minimum Gasteiger partial charge on any atom is -0.490 e. The summed E-state index contributed by atoms with van der Waals surface area (Å²) in [5.41, 5.74) is 3.54. The topological polar surface area (TPSA) is 112 Å². The zero-order valence-corrected chi connectivity index (χ0v) is 17.7. The molecule has 0 spiro atoms. The van der Waals surface area contributed by atoms with E-state index in [9.17, 15) is 10.1 Å². The van der Waals surface area contributed by atoms with Gasteiger partial charge in [-0.1, -0.05) is 41.9 Å². The van der Waals surface area contributed by atoms with E-state index in [1.165, 1.54) is 6.21 Å². The van der Waals surface area contributed by atoms with Crippen LogP contribution in [0.15, 0.2) is 52.4 Å². The number of nitriles is 1. The van der Waals surface area contributed by atoms with Crippen LogP contribution in [-0.4, -0.2) is 29.4 Å². The molecule has 3 aromatic rings. The lowest BCUT2D eigenvalue weighted by Crippen LogP contribution is -2.16. The van der Waals surface area contributed by atoms with E-state index < -0.39 is 5.56 Å². The average Bonchev–Trinajstić information content (AvgIpc) is 2.77. The Hall–Kier alpha value is -3.83. The summed E-state index contributed by atoms with van der Waals surface area (Å²) in [4.78, 5) is 19.1. The zero-order valence-electron chi connectivity index (χ0n) is 17.0. The Bertz CT molecular complexity index is 1190. The van der Waals surface area contributed by atoms with Gasteiger partial charge in [-0.05, 0) is 19.9 Å². The van der Waals surface area contributed by atoms with Crippen LogP contribution in [0.1, 0.15) is 25.0 Å². The van der Waals surface area contributed by atoms with Gasteiger partial charge < -0.3 is 9.47 Å². The van der Waals surface area contributed by atoms with Gasteiger partial charge in [0.25, 0.3) is 5.56 Å². The predicted octanol–water partition coefficient (Wildman–Crippen LogP) is 4.21. The summed E-state index contributed by atoms with van der Waals surface area (Å²) in [5.74, 6) is 1.18. The van der Waals surface area contributed by atoms with Crippen molar-refractivity contribution in [3.8, 4) is 28.8 Å². The average molecular weight is 438 g/mol. The smallest absolute Gasteiger partial charge is 0.270 e. The van der Waals surface area contributed by atoms with Gasteiger partial charge in [0.05, 0.1) is 30.1 Å². The van der Waals surface area contributed by atoms with Gasteiger partial charge in [-0.25, -0.2) is 10.4 Å². The fourth-order valence-electron chi connectivity index (χ4n) is 2.78. The first-order chi connectivity index (χ1) is 15.1. The standard InChI is InChI=1S/C22H20ClN5O3/c1-3-30-18-10-15(17(23)11-19(18)31-4-2)13-25-28-22-26-20(14-8-6-5-7-9-14)16(12-24)21(29)27-22/h5-11,13H,3-4H2,1-2H3,(H2,26,27,28,29). The van der Waals surface area contributed by atoms with Crippen molar-refractivity contribution >= 4 is 23.8 Å². The van der Waals surface area contributed by atoms with Crippen LogP contribution in [0.3, 0.4) is 0 Å². The maximum absolute atomic E-state index is 12.3. The van der Waals surface area contributed by atoms with Crippen LogP contribution < -0.4 is 20.5 Å². The van der Waals surface area contributed by atoms with E-state index in [2.05, 4.69) is 20.5 Å². The Morgan fingerprint density at radius 3 is 2.52 bits per heavy atom. The SMILES string of the molecule is CCOc1cc(Cl)c(C=NNc2nc(-c3ccccc3)c(C#N)c(=O)[nH]2)cc1OCC. The quantitative estimate of drug-likeness (QED) is 0.403. The molecule has 2 aromatic carbocycles. The number of halogens is 1. The molecule has 0 aliphatic rings. The summed E-state index contributed by atoms with van der Waals surface area (Å²) in [7, 11) is 0. The number of nitrogens with one attached hydrogen (secondary N) is 2. The van der Waals surface area contributed by atoms with Crippen molar-refractivity contribution in [2.75, 3.05) is 18.6 Å². The third kappa shape index (κ3) is 5.21. The molecule has 1 heterocycles. The van der Waals surface area contributed by atoms with Crippen LogP contribution in [-0.2, 0) is 0 Å². The highest BCUT2D eigenvalue weighted by Gasteiger charge is 2.13. The van der Waals surface area contributed by atoms with Crippen molar-refractivity contribution in [3.63, 3.8) is 0 Å². The molecule has 0 fully saturated rings. The van der Waals surface area contributed by atoms with Crippen molar-refractivity contribution in [2.24, 2.45) is 5.10 Å². The number of aromatic nitrogens is 2. The number of ether oxygens (including phenoxy) is 2. The summed E-state index contributed by atoms with van der Waals surface area (Å²) in [6.07, 6.45) is 1.47. The van der Waals surface area contributed by atoms with Crippen molar-refractivity contribution < 1.29 is 9.47 Å². The molecular formula is C22H20ClN5O3. The first kappa shape index (κ1) is 21.9. The number of hydrazone groups is 1. The molecule has 0 amide bonds. The van der Waals surface area contributed by atoms with Gasteiger partial charge in [0.1, 0.15) is 11.6 Å². The molecule has 8 nitrogen and oxygen atoms in total. The number of hydrogen-bond acceptors (Lipinski definition) is 7. The van der Waals surface area contributed by atoms with E-state index in [0.717, 1.165) is 0 Å². The number of benzene rings is 2. The van der Waals surface area contributed by atoms with Crippen LogP contribution in [0, 0.1) is 11.3 Å². The third-order valence-electron chi connectivity index (χ3n) is 4.12. The lowest BCUT2D eigenvalue weighted by molar-refractivity contribution is 0.288. The Morgan fingerprint density at radius 1 is 1.19 bits per heavy atom. The number of H-pyrrole nitrogens is 1. The summed E-state index contributed by atoms with van der Waals surface area (Å²) >= 11 is 6.33. The Balaban J connectivity index is 1.89. The highest BCUT2D eigenvalue weighted by Crippen LogP contribution is 2.33. The summed E-state index contributed by atoms with van der Waals surface area (Å²) < 4.78 is 11.1. The van der Waals surface area contributed by atoms with Crippen molar-refractivity contribution in [1.29, 1.82) is 5.26 Å². The molecule has 0 aliphatic heterocycles. The first-order valence-corrected chi connectivity index (χ1v) is 9.93. The van der Waals surface area contributed by atoms with Crippen LogP contribution in [0.5, 0.6) is 11.5 Å². The van der Waals surface area contributed by atoms with Gasteiger partial charge in [0, 0.05) is 17.2 Å². The summed E-state index contributed by atoms with van der Waals surface area (Å²) in [5, 5.41) is 13.9. The van der Waals surface area contributed by atoms with E-state index in [-0.39, 0.29) is 17.2 Å². The van der Waals surface area contributed by atoms with Gasteiger partial charge in [-0.3, -0.25) is 9.78 Å². The van der Waals surface area contributed by atoms with Gasteiger partial charge in [0.2, 0.25) is 5.95 Å². The van der Waals surface area contributed by atoms with Crippen molar-refractivity contribution in [2.45, 2.75) is 13.8 Å². The first-order valence-electron chi connectivity index (χ1n) is 9.55. The van der Waals surface area contributed by atoms with Crippen LogP contribution in [0.4, 0.5) is 5.95 Å². The van der Waals surface area contributed by atoms with E-state index in [4.69, 9.17) is 21.1 Å². The maximum Gasteiger partial charge on any atom is 0.270 e. The second kappa shape index (κ2) is 10.3. The number of aromatic amines is 1. The Morgan fingerprint density at radius 2 is 1.87 bits per heavy atom. The summed E-state index contributed by atoms with van der Waals surface area (Å²) in [6, 6.07) is 14.2. The number of anilines is 1. The van der Waals surface area contributed by atoms with E-state index in [0.29, 0.717) is 40.9 Å². The molecule has 1 aromatic heterocycles. The Kier molecular flexibility index (Phi) is 7.25.